The van der Waals surface area contributed by atoms with E-state index in [-0.39, 0.29) is 16.9 Å². The second kappa shape index (κ2) is 6.43. The zero-order valence-electron chi connectivity index (χ0n) is 16.0. The minimum Gasteiger partial charge on any atom is -0.279 e. The van der Waals surface area contributed by atoms with Crippen LogP contribution in [0.1, 0.15) is 0 Å². The quantitative estimate of drug-likeness (QED) is 0.438. The second-order valence-electron chi connectivity index (χ2n) is 6.97. The highest BCUT2D eigenvalue weighted by molar-refractivity contribution is 6.30. The maximum Gasteiger partial charge on any atom is 0.332 e. The molecule has 0 radical (unpaired) electrons. The molecule has 7 nitrogen and oxygen atoms in total. The van der Waals surface area contributed by atoms with Crippen LogP contribution in [0.5, 0.6) is 0 Å². The first kappa shape index (κ1) is 18.4. The van der Waals surface area contributed by atoms with Crippen molar-refractivity contribution < 1.29 is 4.39 Å². The molecule has 0 spiro atoms. The molecular weight excluding hydrogens is 409 g/mol. The molecule has 150 valence electrons. The summed E-state index contributed by atoms with van der Waals surface area (Å²) < 4.78 is 20.3. The fourth-order valence-electron chi connectivity index (χ4n) is 3.67. The summed E-state index contributed by atoms with van der Waals surface area (Å²) in [7, 11) is 2.96. The highest BCUT2D eigenvalue weighted by Crippen LogP contribution is 2.30. The highest BCUT2D eigenvalue weighted by atomic mass is 35.5. The number of hydrogen-bond donors (Lipinski definition) is 0. The summed E-state index contributed by atoms with van der Waals surface area (Å²) in [5.41, 5.74) is 1.16. The van der Waals surface area contributed by atoms with E-state index >= 15 is 0 Å². The maximum absolute atomic E-state index is 14.8. The number of halogens is 2. The van der Waals surface area contributed by atoms with Crippen LogP contribution < -0.4 is 11.2 Å². The lowest BCUT2D eigenvalue weighted by Gasteiger charge is -2.10. The van der Waals surface area contributed by atoms with Crippen LogP contribution in [0.4, 0.5) is 4.39 Å². The highest BCUT2D eigenvalue weighted by Gasteiger charge is 2.22. The lowest BCUT2D eigenvalue weighted by atomic mass is 10.1. The smallest absolute Gasteiger partial charge is 0.279 e. The lowest BCUT2D eigenvalue weighted by Crippen LogP contribution is -2.37. The third kappa shape index (κ3) is 2.47. The molecule has 0 aliphatic rings. The number of benzene rings is 2. The first-order chi connectivity index (χ1) is 14.4. The molecule has 0 N–H and O–H groups in total. The lowest BCUT2D eigenvalue weighted by molar-refractivity contribution is 0.619. The van der Waals surface area contributed by atoms with Crippen molar-refractivity contribution in [3.63, 3.8) is 0 Å². The van der Waals surface area contributed by atoms with E-state index in [1.54, 1.807) is 52.5 Å². The summed E-state index contributed by atoms with van der Waals surface area (Å²) in [5.74, 6) is -0.127. The summed E-state index contributed by atoms with van der Waals surface area (Å²) in [5, 5.41) is 0.571. The number of para-hydroxylation sites is 1. The molecule has 0 aliphatic heterocycles. The van der Waals surface area contributed by atoms with Gasteiger partial charge in [0, 0.05) is 30.9 Å². The topological polar surface area (TPSA) is 66.2 Å². The van der Waals surface area contributed by atoms with Crippen molar-refractivity contribution in [2.45, 2.75) is 0 Å². The molecule has 3 aromatic heterocycles. The Balaban J connectivity index is 1.99. The van der Waals surface area contributed by atoms with Crippen molar-refractivity contribution >= 4 is 28.5 Å². The second-order valence-corrected chi connectivity index (χ2v) is 7.40. The Bertz CT molecular complexity index is 1570. The number of nitrogens with zero attached hydrogens (tertiary/aromatic N) is 5. The minimum atomic E-state index is -0.483. The molecule has 5 rings (SSSR count). The van der Waals surface area contributed by atoms with E-state index in [4.69, 9.17) is 11.6 Å². The summed E-state index contributed by atoms with van der Waals surface area (Å²) in [6.45, 7) is 0. The van der Waals surface area contributed by atoms with Crippen LogP contribution in [0.25, 0.3) is 33.9 Å². The van der Waals surface area contributed by atoms with Crippen LogP contribution in [0.15, 0.2) is 64.3 Å². The minimum absolute atomic E-state index is 0.228. The molecular formula is C21H15ClFN5O2. The van der Waals surface area contributed by atoms with Gasteiger partial charge in [0.2, 0.25) is 5.78 Å². The molecule has 0 aliphatic carbocycles. The number of rotatable bonds is 2. The average molecular weight is 424 g/mol. The molecule has 0 saturated carbocycles. The van der Waals surface area contributed by atoms with Gasteiger partial charge in [-0.05, 0) is 24.3 Å². The Morgan fingerprint density at radius 3 is 2.37 bits per heavy atom. The van der Waals surface area contributed by atoms with Gasteiger partial charge in [0.25, 0.3) is 5.56 Å². The van der Waals surface area contributed by atoms with Gasteiger partial charge in [-0.25, -0.2) is 9.18 Å². The Kier molecular flexibility index (Phi) is 3.94. The first-order valence-corrected chi connectivity index (χ1v) is 9.46. The monoisotopic (exact) mass is 423 g/mol. The largest absolute Gasteiger partial charge is 0.332 e. The van der Waals surface area contributed by atoms with Gasteiger partial charge in [-0.2, -0.15) is 4.98 Å². The molecule has 2 aromatic carbocycles. The van der Waals surface area contributed by atoms with E-state index in [2.05, 4.69) is 4.98 Å². The van der Waals surface area contributed by atoms with Crippen LogP contribution in [0.3, 0.4) is 0 Å². The van der Waals surface area contributed by atoms with Crippen molar-refractivity contribution in [1.29, 1.82) is 0 Å². The molecule has 30 heavy (non-hydrogen) atoms. The Labute approximate surface area is 173 Å². The molecule has 5 aromatic rings. The van der Waals surface area contributed by atoms with Crippen LogP contribution >= 0.6 is 11.6 Å². The van der Waals surface area contributed by atoms with Crippen LogP contribution in [-0.2, 0) is 14.1 Å². The van der Waals surface area contributed by atoms with E-state index in [0.29, 0.717) is 16.5 Å². The molecule has 0 amide bonds. The molecule has 0 fully saturated rings. The van der Waals surface area contributed by atoms with Gasteiger partial charge < -0.3 is 0 Å². The van der Waals surface area contributed by atoms with E-state index in [0.717, 1.165) is 10.1 Å². The van der Waals surface area contributed by atoms with Gasteiger partial charge in [-0.1, -0.05) is 35.9 Å². The third-order valence-corrected chi connectivity index (χ3v) is 5.45. The first-order valence-electron chi connectivity index (χ1n) is 9.09. The predicted molar refractivity (Wildman–Crippen MR) is 113 cm³/mol. The van der Waals surface area contributed by atoms with Crippen LogP contribution in [0, 0.1) is 5.82 Å². The van der Waals surface area contributed by atoms with Crippen molar-refractivity contribution in [2.75, 3.05) is 0 Å². The van der Waals surface area contributed by atoms with Crippen molar-refractivity contribution in [3.05, 3.63) is 86.4 Å². The van der Waals surface area contributed by atoms with Crippen LogP contribution in [0.2, 0.25) is 5.02 Å². The maximum atomic E-state index is 14.8. The van der Waals surface area contributed by atoms with Gasteiger partial charge in [-0.3, -0.25) is 22.9 Å². The zero-order chi connectivity index (χ0) is 21.2. The van der Waals surface area contributed by atoms with E-state index in [9.17, 15) is 14.0 Å². The van der Waals surface area contributed by atoms with Gasteiger partial charge >= 0.3 is 5.69 Å². The third-order valence-electron chi connectivity index (χ3n) is 5.20. The predicted octanol–water partition coefficient (Wildman–Crippen LogP) is 3.14. The number of aromatic nitrogens is 5. The average Bonchev–Trinajstić information content (AvgIpc) is 3.28. The van der Waals surface area contributed by atoms with Crippen molar-refractivity contribution in [1.82, 2.24) is 23.1 Å². The van der Waals surface area contributed by atoms with Gasteiger partial charge in [0.15, 0.2) is 11.2 Å². The summed E-state index contributed by atoms with van der Waals surface area (Å²) >= 11 is 6.03. The summed E-state index contributed by atoms with van der Waals surface area (Å²) in [6, 6.07) is 13.4. The molecule has 0 bridgehead atoms. The number of aryl methyl sites for hydroxylation is 1. The summed E-state index contributed by atoms with van der Waals surface area (Å²) in [6.07, 6.45) is 1.71. The van der Waals surface area contributed by atoms with Crippen LogP contribution in [-0.4, -0.2) is 23.1 Å². The van der Waals surface area contributed by atoms with Gasteiger partial charge in [-0.15, -0.1) is 0 Å². The normalized spacial score (nSPS) is 11.6. The Hall–Kier alpha value is -3.65. The van der Waals surface area contributed by atoms with Gasteiger partial charge in [0.1, 0.15) is 5.82 Å². The molecule has 0 saturated heterocycles. The Morgan fingerprint density at radius 1 is 0.967 bits per heavy atom. The van der Waals surface area contributed by atoms with Crippen molar-refractivity contribution in [3.8, 4) is 16.9 Å². The molecule has 0 atom stereocenters. The SMILES string of the molecule is Cn1c(=O)c2c(nc3n(-c4ccccc4F)c(-c4ccc(Cl)cc4)cn23)n(C)c1=O. The Morgan fingerprint density at radius 2 is 1.67 bits per heavy atom. The van der Waals surface area contributed by atoms with E-state index < -0.39 is 17.1 Å². The van der Waals surface area contributed by atoms with Crippen molar-refractivity contribution in [2.24, 2.45) is 14.1 Å². The zero-order valence-corrected chi connectivity index (χ0v) is 16.8. The fourth-order valence-corrected chi connectivity index (χ4v) is 3.79. The standard InChI is InChI=1S/C21H15ClFN5O2/c1-25-18-17(19(29)26(2)21(25)30)27-11-16(12-7-9-13(22)10-8-12)28(20(27)24-18)15-6-4-3-5-14(15)23/h3-11H,1-2H3. The summed E-state index contributed by atoms with van der Waals surface area (Å²) in [4.78, 5) is 29.7. The number of imidazole rings is 2. The van der Waals surface area contributed by atoms with E-state index in [1.165, 1.54) is 17.7 Å². The number of hydrogen-bond acceptors (Lipinski definition) is 3. The molecule has 9 heteroatoms. The fraction of sp³-hybridized carbons (Fsp3) is 0.0952. The molecule has 0 unspecified atom stereocenters. The molecule has 3 heterocycles. The number of fused-ring (bicyclic) bond motifs is 3. The van der Waals surface area contributed by atoms with E-state index in [1.807, 2.05) is 12.1 Å². The van der Waals surface area contributed by atoms with Gasteiger partial charge in [0.05, 0.1) is 11.4 Å².